The van der Waals surface area contributed by atoms with Crippen molar-refractivity contribution in [1.82, 2.24) is 9.71 Å². The summed E-state index contributed by atoms with van der Waals surface area (Å²) >= 11 is 0. The van der Waals surface area contributed by atoms with Gasteiger partial charge in [-0.1, -0.05) is 13.3 Å². The third kappa shape index (κ3) is 2.76. The molecule has 1 aliphatic rings. The minimum atomic E-state index is -3.57. The second-order valence-corrected chi connectivity index (χ2v) is 6.04. The largest absolute Gasteiger partial charge is 0.396 e. The van der Waals surface area contributed by atoms with E-state index in [2.05, 4.69) is 16.6 Å². The molecule has 17 heavy (non-hydrogen) atoms. The van der Waals surface area contributed by atoms with Crippen molar-refractivity contribution in [2.24, 2.45) is 5.92 Å². The summed E-state index contributed by atoms with van der Waals surface area (Å²) in [5.41, 5.74) is 5.80. The summed E-state index contributed by atoms with van der Waals surface area (Å²) in [6.07, 6.45) is 4.49. The van der Waals surface area contributed by atoms with E-state index >= 15 is 0 Å². The average molecular weight is 255 g/mol. The number of sulfonamides is 1. The van der Waals surface area contributed by atoms with Gasteiger partial charge < -0.3 is 5.73 Å². The lowest BCUT2D eigenvalue weighted by Crippen LogP contribution is -2.28. The molecule has 2 unspecified atom stereocenters. The molecule has 0 bridgehead atoms. The molecule has 0 radical (unpaired) electrons. The lowest BCUT2D eigenvalue weighted by atomic mass is 10.2. The quantitative estimate of drug-likeness (QED) is 0.826. The van der Waals surface area contributed by atoms with Crippen LogP contribution in [0.5, 0.6) is 0 Å². The monoisotopic (exact) mass is 255 g/mol. The first-order chi connectivity index (χ1) is 8.04. The van der Waals surface area contributed by atoms with E-state index in [-0.39, 0.29) is 16.8 Å². The van der Waals surface area contributed by atoms with Crippen LogP contribution >= 0.6 is 0 Å². The van der Waals surface area contributed by atoms with Gasteiger partial charge in [0.1, 0.15) is 0 Å². The van der Waals surface area contributed by atoms with Crippen molar-refractivity contribution in [2.45, 2.75) is 37.3 Å². The zero-order valence-electron chi connectivity index (χ0n) is 9.76. The lowest BCUT2D eigenvalue weighted by Gasteiger charge is -2.07. The van der Waals surface area contributed by atoms with Gasteiger partial charge in [-0.15, -0.1) is 0 Å². The summed E-state index contributed by atoms with van der Waals surface area (Å²) in [4.78, 5) is 3.83. The van der Waals surface area contributed by atoms with Crippen LogP contribution in [0.4, 0.5) is 5.69 Å². The maximum atomic E-state index is 12.0. The van der Waals surface area contributed by atoms with E-state index in [0.717, 1.165) is 19.3 Å². The van der Waals surface area contributed by atoms with Crippen LogP contribution in [-0.4, -0.2) is 19.4 Å². The van der Waals surface area contributed by atoms with Gasteiger partial charge in [-0.05, 0) is 30.9 Å². The average Bonchev–Trinajstić information content (AvgIpc) is 2.96. The third-order valence-electron chi connectivity index (χ3n) is 2.94. The molecule has 1 saturated carbocycles. The SMILES string of the molecule is CCCC1CC1NS(=O)(=O)c1ncccc1N. The van der Waals surface area contributed by atoms with Crippen molar-refractivity contribution in [3.63, 3.8) is 0 Å². The summed E-state index contributed by atoms with van der Waals surface area (Å²) in [5, 5.41) is -0.0675. The highest BCUT2D eigenvalue weighted by Gasteiger charge is 2.39. The Morgan fingerprint density at radius 1 is 1.59 bits per heavy atom. The first kappa shape index (κ1) is 12.3. The normalized spacial score (nSPS) is 23.6. The Labute approximate surface area is 101 Å². The number of pyridine rings is 1. The molecular formula is C11H17N3O2S. The molecule has 0 spiro atoms. The van der Waals surface area contributed by atoms with Gasteiger partial charge in [0.15, 0.2) is 5.03 Å². The van der Waals surface area contributed by atoms with Gasteiger partial charge in [0.25, 0.3) is 10.0 Å². The lowest BCUT2D eigenvalue weighted by molar-refractivity contribution is 0.570. The fourth-order valence-electron chi connectivity index (χ4n) is 1.96. The van der Waals surface area contributed by atoms with Crippen LogP contribution in [0.3, 0.4) is 0 Å². The summed E-state index contributed by atoms with van der Waals surface area (Å²) in [5.74, 6) is 0.472. The molecule has 2 rings (SSSR count). The fourth-order valence-corrected chi connectivity index (χ4v) is 3.34. The second-order valence-electron chi connectivity index (χ2n) is 4.41. The number of nitrogens with two attached hydrogens (primary N) is 1. The van der Waals surface area contributed by atoms with Crippen LogP contribution in [0.1, 0.15) is 26.2 Å². The Kier molecular flexibility index (Phi) is 3.35. The Hall–Kier alpha value is -1.14. The summed E-state index contributed by atoms with van der Waals surface area (Å²) < 4.78 is 26.7. The van der Waals surface area contributed by atoms with Gasteiger partial charge in [0, 0.05) is 12.2 Å². The molecule has 1 aromatic heterocycles. The molecule has 0 aliphatic heterocycles. The van der Waals surface area contributed by atoms with E-state index in [1.54, 1.807) is 6.07 Å². The smallest absolute Gasteiger partial charge is 0.260 e. The van der Waals surface area contributed by atoms with Crippen LogP contribution in [0, 0.1) is 5.92 Å². The molecule has 1 aromatic rings. The second kappa shape index (κ2) is 4.62. The first-order valence-corrected chi connectivity index (χ1v) is 7.25. The predicted octanol–water partition coefficient (Wildman–Crippen LogP) is 1.13. The molecule has 5 nitrogen and oxygen atoms in total. The molecule has 1 aliphatic carbocycles. The maximum absolute atomic E-state index is 12.0. The minimum Gasteiger partial charge on any atom is -0.396 e. The Bertz CT molecular complexity index is 501. The first-order valence-electron chi connectivity index (χ1n) is 5.77. The molecule has 6 heteroatoms. The zero-order chi connectivity index (χ0) is 12.5. The van der Waals surface area contributed by atoms with Crippen molar-refractivity contribution in [3.05, 3.63) is 18.3 Å². The molecule has 3 N–H and O–H groups in total. The number of anilines is 1. The highest BCUT2D eigenvalue weighted by molar-refractivity contribution is 7.89. The molecule has 0 saturated heterocycles. The number of rotatable bonds is 5. The third-order valence-corrected chi connectivity index (χ3v) is 4.41. The van der Waals surface area contributed by atoms with Crippen LogP contribution in [0.15, 0.2) is 23.4 Å². The maximum Gasteiger partial charge on any atom is 0.260 e. The van der Waals surface area contributed by atoms with E-state index in [9.17, 15) is 8.42 Å². The summed E-state index contributed by atoms with van der Waals surface area (Å²) in [7, 11) is -3.57. The Morgan fingerprint density at radius 3 is 3.00 bits per heavy atom. The van der Waals surface area contributed by atoms with E-state index in [4.69, 9.17) is 5.73 Å². The van der Waals surface area contributed by atoms with Crippen molar-refractivity contribution >= 4 is 15.7 Å². The standard InChI is InChI=1S/C11H17N3O2S/c1-2-4-8-7-10(8)14-17(15,16)11-9(12)5-3-6-13-11/h3,5-6,8,10,14H,2,4,7,12H2,1H3. The van der Waals surface area contributed by atoms with Gasteiger partial charge >= 0.3 is 0 Å². The van der Waals surface area contributed by atoms with Crippen molar-refractivity contribution in [2.75, 3.05) is 5.73 Å². The number of hydrogen-bond acceptors (Lipinski definition) is 4. The van der Waals surface area contributed by atoms with Gasteiger partial charge in [-0.2, -0.15) is 0 Å². The molecule has 0 amide bonds. The van der Waals surface area contributed by atoms with Crippen LogP contribution < -0.4 is 10.5 Å². The summed E-state index contributed by atoms with van der Waals surface area (Å²) in [6, 6.07) is 3.21. The number of nitrogens with one attached hydrogen (secondary N) is 1. The Balaban J connectivity index is 2.08. The number of aromatic nitrogens is 1. The van der Waals surface area contributed by atoms with Crippen molar-refractivity contribution < 1.29 is 8.42 Å². The van der Waals surface area contributed by atoms with Gasteiger partial charge in [-0.25, -0.2) is 18.1 Å². The highest BCUT2D eigenvalue weighted by Crippen LogP contribution is 2.35. The zero-order valence-corrected chi connectivity index (χ0v) is 10.6. The molecule has 1 fully saturated rings. The minimum absolute atomic E-state index is 0.0568. The summed E-state index contributed by atoms with van der Waals surface area (Å²) in [6.45, 7) is 2.10. The van der Waals surface area contributed by atoms with Crippen molar-refractivity contribution in [1.29, 1.82) is 0 Å². The number of nitrogen functional groups attached to an aromatic ring is 1. The van der Waals surface area contributed by atoms with Crippen LogP contribution in [-0.2, 0) is 10.0 Å². The molecule has 94 valence electrons. The topological polar surface area (TPSA) is 85.1 Å². The predicted molar refractivity (Wildman–Crippen MR) is 65.8 cm³/mol. The van der Waals surface area contributed by atoms with Crippen LogP contribution in [0.2, 0.25) is 0 Å². The molecule has 0 aromatic carbocycles. The van der Waals surface area contributed by atoms with E-state index < -0.39 is 10.0 Å². The highest BCUT2D eigenvalue weighted by atomic mass is 32.2. The van der Waals surface area contributed by atoms with E-state index in [0.29, 0.717) is 5.92 Å². The van der Waals surface area contributed by atoms with E-state index in [1.807, 2.05) is 0 Å². The van der Waals surface area contributed by atoms with Gasteiger partial charge in [0.05, 0.1) is 5.69 Å². The van der Waals surface area contributed by atoms with Gasteiger partial charge in [-0.3, -0.25) is 0 Å². The van der Waals surface area contributed by atoms with Gasteiger partial charge in [0.2, 0.25) is 0 Å². The number of nitrogens with zero attached hydrogens (tertiary/aromatic N) is 1. The van der Waals surface area contributed by atoms with E-state index in [1.165, 1.54) is 12.3 Å². The fraction of sp³-hybridized carbons (Fsp3) is 0.545. The number of hydrogen-bond donors (Lipinski definition) is 2. The van der Waals surface area contributed by atoms with Crippen LogP contribution in [0.25, 0.3) is 0 Å². The molecular weight excluding hydrogens is 238 g/mol. The van der Waals surface area contributed by atoms with Crippen molar-refractivity contribution in [3.8, 4) is 0 Å². The molecule has 2 atom stereocenters. The Morgan fingerprint density at radius 2 is 2.35 bits per heavy atom. The molecule has 1 heterocycles.